The SMILES string of the molecule is Cc1[nH]nc2ncc(C(=O)N3CCC(C)CC3CN)cc12. The van der Waals surface area contributed by atoms with Crippen LogP contribution in [-0.4, -0.2) is 45.1 Å². The van der Waals surface area contributed by atoms with Crippen molar-refractivity contribution in [3.05, 3.63) is 23.5 Å². The van der Waals surface area contributed by atoms with E-state index in [0.717, 1.165) is 30.5 Å². The number of piperidine rings is 1. The van der Waals surface area contributed by atoms with E-state index in [1.54, 1.807) is 6.20 Å². The Balaban J connectivity index is 1.90. The van der Waals surface area contributed by atoms with Gasteiger partial charge in [-0.25, -0.2) is 4.98 Å². The molecule has 0 spiro atoms. The molecule has 1 aliphatic rings. The predicted octanol–water partition coefficient (Wildman–Crippen LogP) is 1.47. The summed E-state index contributed by atoms with van der Waals surface area (Å²) >= 11 is 0. The van der Waals surface area contributed by atoms with Crippen molar-refractivity contribution in [2.24, 2.45) is 11.7 Å². The van der Waals surface area contributed by atoms with Gasteiger partial charge in [-0.2, -0.15) is 5.10 Å². The molecule has 0 aliphatic carbocycles. The van der Waals surface area contributed by atoms with Crippen LogP contribution in [0.4, 0.5) is 0 Å². The molecule has 3 N–H and O–H groups in total. The van der Waals surface area contributed by atoms with E-state index in [1.807, 2.05) is 17.9 Å². The highest BCUT2D eigenvalue weighted by atomic mass is 16.2. The fraction of sp³-hybridized carbons (Fsp3) is 0.533. The van der Waals surface area contributed by atoms with Crippen LogP contribution < -0.4 is 5.73 Å². The standard InChI is InChI=1S/C15H21N5O/c1-9-3-4-20(12(5-9)7-16)15(21)11-6-13-10(2)18-19-14(13)17-8-11/h6,8-9,12H,3-5,7,16H2,1-2H3,(H,17,18,19). The average Bonchev–Trinajstić information content (AvgIpc) is 2.87. The number of nitrogens with two attached hydrogens (primary N) is 1. The number of aromatic amines is 1. The lowest BCUT2D eigenvalue weighted by atomic mass is 9.92. The summed E-state index contributed by atoms with van der Waals surface area (Å²) in [7, 11) is 0. The third kappa shape index (κ3) is 2.51. The number of amides is 1. The minimum absolute atomic E-state index is 0.0207. The van der Waals surface area contributed by atoms with Gasteiger partial charge in [0.25, 0.3) is 5.91 Å². The number of fused-ring (bicyclic) bond motifs is 1. The van der Waals surface area contributed by atoms with E-state index in [0.29, 0.717) is 23.7 Å². The molecule has 2 unspecified atom stereocenters. The van der Waals surface area contributed by atoms with Gasteiger partial charge in [0.2, 0.25) is 0 Å². The number of aromatic nitrogens is 3. The van der Waals surface area contributed by atoms with Crippen LogP contribution in [0, 0.1) is 12.8 Å². The van der Waals surface area contributed by atoms with Crippen molar-refractivity contribution in [2.45, 2.75) is 32.7 Å². The van der Waals surface area contributed by atoms with Crippen molar-refractivity contribution >= 4 is 16.9 Å². The van der Waals surface area contributed by atoms with E-state index in [1.165, 1.54) is 0 Å². The lowest BCUT2D eigenvalue weighted by Crippen LogP contribution is -2.49. The highest BCUT2D eigenvalue weighted by Crippen LogP contribution is 2.24. The number of carbonyl (C=O) groups excluding carboxylic acids is 1. The van der Waals surface area contributed by atoms with Gasteiger partial charge in [0.1, 0.15) is 0 Å². The van der Waals surface area contributed by atoms with Crippen LogP contribution in [0.15, 0.2) is 12.3 Å². The highest BCUT2D eigenvalue weighted by Gasteiger charge is 2.29. The smallest absolute Gasteiger partial charge is 0.255 e. The van der Waals surface area contributed by atoms with E-state index in [2.05, 4.69) is 22.1 Å². The molecule has 112 valence electrons. The first-order chi connectivity index (χ1) is 10.1. The highest BCUT2D eigenvalue weighted by molar-refractivity contribution is 5.97. The number of hydrogen-bond acceptors (Lipinski definition) is 4. The van der Waals surface area contributed by atoms with Crippen molar-refractivity contribution in [3.8, 4) is 0 Å². The first-order valence-corrected chi connectivity index (χ1v) is 7.42. The van der Waals surface area contributed by atoms with Crippen molar-refractivity contribution < 1.29 is 4.79 Å². The maximum absolute atomic E-state index is 12.8. The molecule has 2 aromatic heterocycles. The number of aryl methyl sites for hydroxylation is 1. The lowest BCUT2D eigenvalue weighted by molar-refractivity contribution is 0.0573. The first-order valence-electron chi connectivity index (χ1n) is 7.42. The maximum Gasteiger partial charge on any atom is 0.255 e. The van der Waals surface area contributed by atoms with Gasteiger partial charge in [-0.15, -0.1) is 0 Å². The Kier molecular flexibility index (Phi) is 3.63. The summed E-state index contributed by atoms with van der Waals surface area (Å²) in [6, 6.07) is 2.00. The molecule has 3 rings (SSSR count). The van der Waals surface area contributed by atoms with Crippen LogP contribution in [0.3, 0.4) is 0 Å². The minimum atomic E-state index is 0.0207. The second-order valence-electron chi connectivity index (χ2n) is 5.96. The Bertz CT molecular complexity index is 665. The molecule has 1 aliphatic heterocycles. The Morgan fingerprint density at radius 3 is 3.14 bits per heavy atom. The number of likely N-dealkylation sites (tertiary alicyclic amines) is 1. The molecule has 0 saturated carbocycles. The quantitative estimate of drug-likeness (QED) is 0.875. The van der Waals surface area contributed by atoms with Gasteiger partial charge in [-0.05, 0) is 31.7 Å². The normalized spacial score (nSPS) is 22.7. The van der Waals surface area contributed by atoms with Crippen LogP contribution in [0.1, 0.15) is 35.8 Å². The molecule has 6 nitrogen and oxygen atoms in total. The lowest BCUT2D eigenvalue weighted by Gasteiger charge is -2.38. The van der Waals surface area contributed by atoms with E-state index in [4.69, 9.17) is 5.73 Å². The number of hydrogen-bond donors (Lipinski definition) is 2. The summed E-state index contributed by atoms with van der Waals surface area (Å²) < 4.78 is 0. The fourth-order valence-corrected chi connectivity index (χ4v) is 3.04. The molecule has 2 atom stereocenters. The Morgan fingerprint density at radius 1 is 1.57 bits per heavy atom. The number of pyridine rings is 1. The molecule has 3 heterocycles. The topological polar surface area (TPSA) is 87.9 Å². The summed E-state index contributed by atoms with van der Waals surface area (Å²) in [5.41, 5.74) is 8.03. The number of H-pyrrole nitrogens is 1. The Hall–Kier alpha value is -1.95. The number of nitrogens with one attached hydrogen (secondary N) is 1. The van der Waals surface area contributed by atoms with Gasteiger partial charge in [0, 0.05) is 36.4 Å². The largest absolute Gasteiger partial charge is 0.334 e. The first kappa shape index (κ1) is 14.0. The molecule has 21 heavy (non-hydrogen) atoms. The molecular weight excluding hydrogens is 266 g/mol. The van der Waals surface area contributed by atoms with E-state index >= 15 is 0 Å². The fourth-order valence-electron chi connectivity index (χ4n) is 3.04. The van der Waals surface area contributed by atoms with Crippen molar-refractivity contribution in [1.82, 2.24) is 20.1 Å². The van der Waals surface area contributed by atoms with Gasteiger partial charge in [0.05, 0.1) is 5.56 Å². The Labute approximate surface area is 123 Å². The van der Waals surface area contributed by atoms with Gasteiger partial charge >= 0.3 is 0 Å². The van der Waals surface area contributed by atoms with Crippen molar-refractivity contribution in [2.75, 3.05) is 13.1 Å². The molecule has 0 radical (unpaired) electrons. The third-order valence-corrected chi connectivity index (χ3v) is 4.36. The second kappa shape index (κ2) is 5.44. The van der Waals surface area contributed by atoms with Gasteiger partial charge < -0.3 is 10.6 Å². The molecule has 0 bridgehead atoms. The number of nitrogens with zero attached hydrogens (tertiary/aromatic N) is 3. The molecule has 1 amide bonds. The van der Waals surface area contributed by atoms with Gasteiger partial charge in [-0.3, -0.25) is 9.89 Å². The second-order valence-corrected chi connectivity index (χ2v) is 5.96. The summed E-state index contributed by atoms with van der Waals surface area (Å²) in [4.78, 5) is 18.9. The summed E-state index contributed by atoms with van der Waals surface area (Å²) in [6.45, 7) is 5.42. The zero-order chi connectivity index (χ0) is 15.0. The summed E-state index contributed by atoms with van der Waals surface area (Å²) in [5.74, 6) is 0.645. The third-order valence-electron chi connectivity index (χ3n) is 4.36. The van der Waals surface area contributed by atoms with E-state index < -0.39 is 0 Å². The molecule has 1 fully saturated rings. The summed E-state index contributed by atoms with van der Waals surface area (Å²) in [6.07, 6.45) is 3.61. The van der Waals surface area contributed by atoms with E-state index in [9.17, 15) is 4.79 Å². The van der Waals surface area contributed by atoms with Gasteiger partial charge in [0.15, 0.2) is 5.65 Å². The summed E-state index contributed by atoms with van der Waals surface area (Å²) in [5, 5.41) is 7.88. The Morgan fingerprint density at radius 2 is 2.38 bits per heavy atom. The number of rotatable bonds is 2. The molecule has 6 heteroatoms. The van der Waals surface area contributed by atoms with Crippen LogP contribution >= 0.6 is 0 Å². The predicted molar refractivity (Wildman–Crippen MR) is 80.9 cm³/mol. The van der Waals surface area contributed by atoms with Crippen molar-refractivity contribution in [3.63, 3.8) is 0 Å². The van der Waals surface area contributed by atoms with Crippen molar-refractivity contribution in [1.29, 1.82) is 0 Å². The van der Waals surface area contributed by atoms with E-state index in [-0.39, 0.29) is 11.9 Å². The zero-order valence-electron chi connectivity index (χ0n) is 12.5. The maximum atomic E-state index is 12.8. The van der Waals surface area contributed by atoms with Crippen LogP contribution in [0.5, 0.6) is 0 Å². The molecule has 0 aromatic carbocycles. The average molecular weight is 287 g/mol. The monoisotopic (exact) mass is 287 g/mol. The molecular formula is C15H21N5O. The number of carbonyl (C=O) groups is 1. The molecule has 1 saturated heterocycles. The molecule has 2 aromatic rings. The van der Waals surface area contributed by atoms with Crippen LogP contribution in [-0.2, 0) is 0 Å². The van der Waals surface area contributed by atoms with Gasteiger partial charge in [-0.1, -0.05) is 6.92 Å². The zero-order valence-corrected chi connectivity index (χ0v) is 12.5. The minimum Gasteiger partial charge on any atom is -0.334 e. The van der Waals surface area contributed by atoms with Crippen LogP contribution in [0.2, 0.25) is 0 Å². The van der Waals surface area contributed by atoms with Crippen LogP contribution in [0.25, 0.3) is 11.0 Å².